The van der Waals surface area contributed by atoms with Crippen LogP contribution in [0.2, 0.25) is 0 Å². The molecule has 2 aromatic rings. The van der Waals surface area contributed by atoms with Gasteiger partial charge in [0.25, 0.3) is 0 Å². The van der Waals surface area contributed by atoms with E-state index in [-0.39, 0.29) is 6.04 Å². The molecule has 0 spiro atoms. The standard InChI is InChI=1S/C11H16N4S/c1-15-6-4-11(14-15)10(13-12)3-2-9-5-7-16-8-9/h4-8,10,13H,2-3,12H2,1H3. The van der Waals surface area contributed by atoms with Gasteiger partial charge in [0.1, 0.15) is 0 Å². The number of nitrogens with one attached hydrogen (secondary N) is 1. The summed E-state index contributed by atoms with van der Waals surface area (Å²) < 4.78 is 1.80. The van der Waals surface area contributed by atoms with Crippen LogP contribution >= 0.6 is 11.3 Å². The average Bonchev–Trinajstić information content (AvgIpc) is 2.91. The fraction of sp³-hybridized carbons (Fsp3) is 0.364. The highest BCUT2D eigenvalue weighted by Gasteiger charge is 2.12. The summed E-state index contributed by atoms with van der Waals surface area (Å²) in [6.07, 6.45) is 3.92. The third-order valence-corrected chi connectivity index (χ3v) is 3.33. The van der Waals surface area contributed by atoms with Crippen molar-refractivity contribution in [2.24, 2.45) is 12.9 Å². The van der Waals surface area contributed by atoms with Crippen molar-refractivity contribution in [3.8, 4) is 0 Å². The monoisotopic (exact) mass is 236 g/mol. The molecule has 16 heavy (non-hydrogen) atoms. The van der Waals surface area contributed by atoms with Crippen molar-refractivity contribution in [2.45, 2.75) is 18.9 Å². The van der Waals surface area contributed by atoms with E-state index in [1.165, 1.54) is 5.56 Å². The minimum Gasteiger partial charge on any atom is -0.275 e. The molecule has 0 saturated carbocycles. The minimum absolute atomic E-state index is 0.126. The Morgan fingerprint density at radius 1 is 1.56 bits per heavy atom. The van der Waals surface area contributed by atoms with Gasteiger partial charge in [-0.25, -0.2) is 0 Å². The molecular weight excluding hydrogens is 220 g/mol. The zero-order valence-electron chi connectivity index (χ0n) is 9.26. The number of aryl methyl sites for hydroxylation is 2. The first-order chi connectivity index (χ1) is 7.79. The van der Waals surface area contributed by atoms with Crippen molar-refractivity contribution in [2.75, 3.05) is 0 Å². The Balaban J connectivity index is 1.96. The summed E-state index contributed by atoms with van der Waals surface area (Å²) in [7, 11) is 1.91. The van der Waals surface area contributed by atoms with Crippen LogP contribution in [0.25, 0.3) is 0 Å². The summed E-state index contributed by atoms with van der Waals surface area (Å²) in [5.74, 6) is 5.56. The third-order valence-electron chi connectivity index (χ3n) is 2.59. The highest BCUT2D eigenvalue weighted by molar-refractivity contribution is 7.07. The molecule has 0 aliphatic rings. The first kappa shape index (κ1) is 11.3. The van der Waals surface area contributed by atoms with Crippen molar-refractivity contribution >= 4 is 11.3 Å². The van der Waals surface area contributed by atoms with Crippen LogP contribution in [-0.2, 0) is 13.5 Å². The smallest absolute Gasteiger partial charge is 0.0807 e. The Morgan fingerprint density at radius 2 is 2.44 bits per heavy atom. The van der Waals surface area contributed by atoms with Crippen LogP contribution in [0.15, 0.2) is 29.1 Å². The molecule has 0 aliphatic carbocycles. The number of nitrogens with zero attached hydrogens (tertiary/aromatic N) is 2. The van der Waals surface area contributed by atoms with Crippen molar-refractivity contribution in [3.63, 3.8) is 0 Å². The van der Waals surface area contributed by atoms with Crippen LogP contribution in [0, 0.1) is 0 Å². The van der Waals surface area contributed by atoms with Gasteiger partial charge < -0.3 is 0 Å². The second-order valence-electron chi connectivity index (χ2n) is 3.80. The van der Waals surface area contributed by atoms with Crippen LogP contribution in [0.3, 0.4) is 0 Å². The van der Waals surface area contributed by atoms with Crippen molar-refractivity contribution in [3.05, 3.63) is 40.3 Å². The molecule has 2 heterocycles. The molecule has 2 aromatic heterocycles. The minimum atomic E-state index is 0.126. The Morgan fingerprint density at radius 3 is 3.00 bits per heavy atom. The number of hydrogen-bond donors (Lipinski definition) is 2. The quantitative estimate of drug-likeness (QED) is 0.612. The molecule has 2 rings (SSSR count). The van der Waals surface area contributed by atoms with E-state index < -0.39 is 0 Å². The Bertz CT molecular complexity index is 421. The molecule has 0 aromatic carbocycles. The molecule has 0 bridgehead atoms. The molecule has 0 saturated heterocycles. The van der Waals surface area contributed by atoms with Gasteiger partial charge in [-0.15, -0.1) is 0 Å². The zero-order valence-corrected chi connectivity index (χ0v) is 10.1. The van der Waals surface area contributed by atoms with Crippen LogP contribution < -0.4 is 11.3 Å². The topological polar surface area (TPSA) is 55.9 Å². The van der Waals surface area contributed by atoms with E-state index in [0.29, 0.717) is 0 Å². The predicted octanol–water partition coefficient (Wildman–Crippen LogP) is 1.62. The lowest BCUT2D eigenvalue weighted by molar-refractivity contribution is 0.498. The fourth-order valence-electron chi connectivity index (χ4n) is 1.68. The lowest BCUT2D eigenvalue weighted by Gasteiger charge is -2.12. The second-order valence-corrected chi connectivity index (χ2v) is 4.58. The molecule has 4 nitrogen and oxygen atoms in total. The summed E-state index contributed by atoms with van der Waals surface area (Å²) >= 11 is 1.73. The molecule has 0 radical (unpaired) electrons. The predicted molar refractivity (Wildman–Crippen MR) is 65.9 cm³/mol. The van der Waals surface area contributed by atoms with Crippen LogP contribution in [0.5, 0.6) is 0 Å². The summed E-state index contributed by atoms with van der Waals surface area (Å²) in [5, 5.41) is 8.63. The molecule has 3 N–H and O–H groups in total. The second kappa shape index (κ2) is 5.25. The van der Waals surface area contributed by atoms with E-state index in [9.17, 15) is 0 Å². The van der Waals surface area contributed by atoms with Gasteiger partial charge in [-0.1, -0.05) is 0 Å². The number of aromatic nitrogens is 2. The van der Waals surface area contributed by atoms with Gasteiger partial charge >= 0.3 is 0 Å². The Kier molecular flexibility index (Phi) is 3.71. The summed E-state index contributed by atoms with van der Waals surface area (Å²) in [4.78, 5) is 0. The average molecular weight is 236 g/mol. The molecule has 1 atom stereocenters. The van der Waals surface area contributed by atoms with Crippen LogP contribution in [0.1, 0.15) is 23.7 Å². The van der Waals surface area contributed by atoms with Gasteiger partial charge in [0, 0.05) is 13.2 Å². The molecule has 86 valence electrons. The summed E-state index contributed by atoms with van der Waals surface area (Å²) in [6, 6.07) is 4.27. The first-order valence-electron chi connectivity index (χ1n) is 5.26. The van der Waals surface area contributed by atoms with Gasteiger partial charge in [0.2, 0.25) is 0 Å². The molecule has 1 unspecified atom stereocenters. The number of hydrogen-bond acceptors (Lipinski definition) is 4. The highest BCUT2D eigenvalue weighted by Crippen LogP contribution is 2.17. The highest BCUT2D eigenvalue weighted by atomic mass is 32.1. The van der Waals surface area contributed by atoms with Crippen molar-refractivity contribution < 1.29 is 0 Å². The molecule has 5 heteroatoms. The molecule has 0 fully saturated rings. The SMILES string of the molecule is Cn1ccc(C(CCc2ccsc2)NN)n1. The lowest BCUT2D eigenvalue weighted by atomic mass is 10.1. The molecule has 0 amide bonds. The van der Waals surface area contributed by atoms with Gasteiger partial charge in [-0.2, -0.15) is 16.4 Å². The van der Waals surface area contributed by atoms with Crippen LogP contribution in [0.4, 0.5) is 0 Å². The Hall–Kier alpha value is -1.17. The maximum Gasteiger partial charge on any atom is 0.0807 e. The fourth-order valence-corrected chi connectivity index (χ4v) is 2.38. The Labute approximate surface area is 99.1 Å². The van der Waals surface area contributed by atoms with Crippen LogP contribution in [-0.4, -0.2) is 9.78 Å². The van der Waals surface area contributed by atoms with Gasteiger partial charge in [-0.05, 0) is 41.3 Å². The van der Waals surface area contributed by atoms with E-state index in [4.69, 9.17) is 5.84 Å². The number of rotatable bonds is 5. The van der Waals surface area contributed by atoms with E-state index in [1.807, 2.05) is 19.3 Å². The van der Waals surface area contributed by atoms with E-state index in [1.54, 1.807) is 16.0 Å². The molecular formula is C11H16N4S. The van der Waals surface area contributed by atoms with Gasteiger partial charge in [0.15, 0.2) is 0 Å². The maximum atomic E-state index is 5.56. The molecule has 0 aliphatic heterocycles. The largest absolute Gasteiger partial charge is 0.275 e. The first-order valence-corrected chi connectivity index (χ1v) is 6.20. The summed E-state index contributed by atoms with van der Waals surface area (Å²) in [5.41, 5.74) is 5.18. The van der Waals surface area contributed by atoms with Crippen molar-refractivity contribution in [1.82, 2.24) is 15.2 Å². The third kappa shape index (κ3) is 2.69. The van der Waals surface area contributed by atoms with E-state index in [2.05, 4.69) is 27.4 Å². The number of thiophene rings is 1. The number of nitrogens with two attached hydrogens (primary N) is 1. The van der Waals surface area contributed by atoms with Gasteiger partial charge in [0.05, 0.1) is 11.7 Å². The summed E-state index contributed by atoms with van der Waals surface area (Å²) in [6.45, 7) is 0. The van der Waals surface area contributed by atoms with Gasteiger partial charge in [-0.3, -0.25) is 16.0 Å². The maximum absolute atomic E-state index is 5.56. The normalized spacial score (nSPS) is 12.9. The van der Waals surface area contributed by atoms with E-state index in [0.717, 1.165) is 18.5 Å². The number of hydrazine groups is 1. The van der Waals surface area contributed by atoms with E-state index >= 15 is 0 Å². The lowest BCUT2D eigenvalue weighted by Crippen LogP contribution is -2.28. The van der Waals surface area contributed by atoms with Crippen molar-refractivity contribution in [1.29, 1.82) is 0 Å². The zero-order chi connectivity index (χ0) is 11.4.